The number of thiazole rings is 1. The SMILES string of the molecule is Cc1nc(-c2cc(C(=O)O)cc(=O)[nH]2)cs1. The minimum Gasteiger partial charge on any atom is -0.478 e. The average molecular weight is 236 g/mol. The summed E-state index contributed by atoms with van der Waals surface area (Å²) in [6, 6.07) is 2.45. The largest absolute Gasteiger partial charge is 0.478 e. The number of pyridine rings is 1. The number of rotatable bonds is 2. The van der Waals surface area contributed by atoms with Crippen molar-refractivity contribution in [2.45, 2.75) is 6.92 Å². The molecule has 2 N–H and O–H groups in total. The number of carboxylic acid groups (broad SMARTS) is 1. The summed E-state index contributed by atoms with van der Waals surface area (Å²) < 4.78 is 0. The number of hydrogen-bond acceptors (Lipinski definition) is 4. The van der Waals surface area contributed by atoms with Crippen molar-refractivity contribution in [1.29, 1.82) is 0 Å². The van der Waals surface area contributed by atoms with Gasteiger partial charge in [-0.05, 0) is 13.0 Å². The van der Waals surface area contributed by atoms with Crippen LogP contribution in [0.5, 0.6) is 0 Å². The van der Waals surface area contributed by atoms with Crippen LogP contribution >= 0.6 is 11.3 Å². The summed E-state index contributed by atoms with van der Waals surface area (Å²) in [7, 11) is 0. The minimum absolute atomic E-state index is 0.0376. The maximum Gasteiger partial charge on any atom is 0.335 e. The zero-order valence-corrected chi connectivity index (χ0v) is 9.17. The molecule has 0 radical (unpaired) electrons. The van der Waals surface area contributed by atoms with Crippen molar-refractivity contribution in [2.24, 2.45) is 0 Å². The molecule has 0 saturated carbocycles. The molecule has 0 amide bonds. The van der Waals surface area contributed by atoms with Gasteiger partial charge in [-0.25, -0.2) is 9.78 Å². The van der Waals surface area contributed by atoms with E-state index < -0.39 is 11.5 Å². The Balaban J connectivity index is 2.57. The van der Waals surface area contributed by atoms with E-state index in [4.69, 9.17) is 5.11 Å². The molecule has 0 aliphatic carbocycles. The number of hydrogen-bond donors (Lipinski definition) is 2. The molecule has 82 valence electrons. The number of H-pyrrole nitrogens is 1. The van der Waals surface area contributed by atoms with Crippen LogP contribution in [0.15, 0.2) is 22.3 Å². The molecular formula is C10H8N2O3S. The van der Waals surface area contributed by atoms with Gasteiger partial charge < -0.3 is 10.1 Å². The van der Waals surface area contributed by atoms with Gasteiger partial charge in [0.25, 0.3) is 0 Å². The van der Waals surface area contributed by atoms with E-state index >= 15 is 0 Å². The number of aromatic nitrogens is 2. The third-order valence-corrected chi connectivity index (χ3v) is 2.76. The summed E-state index contributed by atoms with van der Waals surface area (Å²) in [6.07, 6.45) is 0. The molecule has 2 heterocycles. The van der Waals surface area contributed by atoms with Crippen LogP contribution in [0.25, 0.3) is 11.4 Å². The number of aromatic amines is 1. The van der Waals surface area contributed by atoms with E-state index in [1.807, 2.05) is 6.92 Å². The van der Waals surface area contributed by atoms with Crippen molar-refractivity contribution in [1.82, 2.24) is 9.97 Å². The molecular weight excluding hydrogens is 228 g/mol. The molecule has 0 spiro atoms. The van der Waals surface area contributed by atoms with Gasteiger partial charge in [0.15, 0.2) is 0 Å². The topological polar surface area (TPSA) is 83.0 Å². The summed E-state index contributed by atoms with van der Waals surface area (Å²) in [4.78, 5) is 28.8. The zero-order valence-electron chi connectivity index (χ0n) is 8.35. The van der Waals surface area contributed by atoms with Crippen molar-refractivity contribution < 1.29 is 9.90 Å². The summed E-state index contributed by atoms with van der Waals surface area (Å²) in [5.74, 6) is -1.13. The second kappa shape index (κ2) is 3.90. The first-order valence-electron chi connectivity index (χ1n) is 4.46. The predicted octanol–water partition coefficient (Wildman–Crippen LogP) is 1.51. The summed E-state index contributed by atoms with van der Waals surface area (Å²) >= 11 is 1.44. The molecule has 2 rings (SSSR count). The Morgan fingerprint density at radius 1 is 1.50 bits per heavy atom. The van der Waals surface area contributed by atoms with Crippen LogP contribution < -0.4 is 5.56 Å². The van der Waals surface area contributed by atoms with E-state index in [2.05, 4.69) is 9.97 Å². The molecule has 0 aliphatic heterocycles. The number of nitrogens with zero attached hydrogens (tertiary/aromatic N) is 1. The van der Waals surface area contributed by atoms with Gasteiger partial charge in [-0.15, -0.1) is 11.3 Å². The highest BCUT2D eigenvalue weighted by molar-refractivity contribution is 7.09. The van der Waals surface area contributed by atoms with Crippen LogP contribution in [0.4, 0.5) is 0 Å². The van der Waals surface area contributed by atoms with E-state index in [1.165, 1.54) is 17.4 Å². The van der Waals surface area contributed by atoms with Crippen molar-refractivity contribution in [3.63, 3.8) is 0 Å². The van der Waals surface area contributed by atoms with Crippen LogP contribution in [0.1, 0.15) is 15.4 Å². The summed E-state index contributed by atoms with van der Waals surface area (Å²) in [6.45, 7) is 1.84. The Hall–Kier alpha value is -1.95. The Morgan fingerprint density at radius 3 is 2.81 bits per heavy atom. The number of aryl methyl sites for hydroxylation is 1. The van der Waals surface area contributed by atoms with Gasteiger partial charge in [0, 0.05) is 11.4 Å². The average Bonchev–Trinajstić information content (AvgIpc) is 2.64. The van der Waals surface area contributed by atoms with Crippen molar-refractivity contribution in [3.8, 4) is 11.4 Å². The first kappa shape index (κ1) is 10.6. The molecule has 0 fully saturated rings. The Kier molecular flexibility index (Phi) is 2.57. The van der Waals surface area contributed by atoms with E-state index in [0.29, 0.717) is 11.4 Å². The fourth-order valence-corrected chi connectivity index (χ4v) is 1.90. The van der Waals surface area contributed by atoms with Crippen LogP contribution in [-0.4, -0.2) is 21.0 Å². The third-order valence-electron chi connectivity index (χ3n) is 1.99. The molecule has 0 aromatic carbocycles. The molecule has 5 nitrogen and oxygen atoms in total. The van der Waals surface area contributed by atoms with Crippen molar-refractivity contribution in [2.75, 3.05) is 0 Å². The maximum atomic E-state index is 11.3. The maximum absolute atomic E-state index is 11.3. The van der Waals surface area contributed by atoms with Crippen LogP contribution in [0, 0.1) is 6.92 Å². The monoisotopic (exact) mass is 236 g/mol. The number of aromatic carboxylic acids is 1. The van der Waals surface area contributed by atoms with E-state index in [-0.39, 0.29) is 5.56 Å². The Labute approximate surface area is 94.4 Å². The molecule has 16 heavy (non-hydrogen) atoms. The lowest BCUT2D eigenvalue weighted by Crippen LogP contribution is -2.10. The van der Waals surface area contributed by atoms with Gasteiger partial charge in [0.1, 0.15) is 0 Å². The van der Waals surface area contributed by atoms with Gasteiger partial charge in [0.05, 0.1) is 22.0 Å². The molecule has 2 aromatic rings. The van der Waals surface area contributed by atoms with Crippen molar-refractivity contribution >= 4 is 17.3 Å². The van der Waals surface area contributed by atoms with Crippen LogP contribution in [-0.2, 0) is 0 Å². The van der Waals surface area contributed by atoms with Gasteiger partial charge in [-0.1, -0.05) is 0 Å². The molecule has 0 unspecified atom stereocenters. The summed E-state index contributed by atoms with van der Waals surface area (Å²) in [5, 5.41) is 11.4. The van der Waals surface area contributed by atoms with E-state index in [0.717, 1.165) is 11.1 Å². The smallest absolute Gasteiger partial charge is 0.335 e. The Morgan fingerprint density at radius 2 is 2.25 bits per heavy atom. The number of carbonyl (C=O) groups is 1. The fraction of sp³-hybridized carbons (Fsp3) is 0.100. The molecule has 0 aliphatic rings. The van der Waals surface area contributed by atoms with Crippen molar-refractivity contribution in [3.05, 3.63) is 38.4 Å². The quantitative estimate of drug-likeness (QED) is 0.827. The second-order valence-electron chi connectivity index (χ2n) is 3.20. The van der Waals surface area contributed by atoms with Gasteiger partial charge >= 0.3 is 5.97 Å². The van der Waals surface area contributed by atoms with Crippen LogP contribution in [0.3, 0.4) is 0 Å². The lowest BCUT2D eigenvalue weighted by Gasteiger charge is -1.98. The Bertz CT molecular complexity index is 600. The third kappa shape index (κ3) is 2.01. The lowest BCUT2D eigenvalue weighted by molar-refractivity contribution is 0.0696. The zero-order chi connectivity index (χ0) is 11.7. The highest BCUT2D eigenvalue weighted by atomic mass is 32.1. The standard InChI is InChI=1S/C10H8N2O3S/c1-5-11-8(4-16-5)7-2-6(10(14)15)3-9(13)12-7/h2-4H,1H3,(H,12,13)(H,14,15). The number of nitrogens with one attached hydrogen (secondary N) is 1. The second-order valence-corrected chi connectivity index (χ2v) is 4.27. The van der Waals surface area contributed by atoms with Gasteiger partial charge in [-0.3, -0.25) is 4.79 Å². The fourth-order valence-electron chi connectivity index (χ4n) is 1.29. The predicted molar refractivity (Wildman–Crippen MR) is 59.9 cm³/mol. The molecule has 0 bridgehead atoms. The van der Waals surface area contributed by atoms with Crippen LogP contribution in [0.2, 0.25) is 0 Å². The highest BCUT2D eigenvalue weighted by Crippen LogP contribution is 2.19. The van der Waals surface area contributed by atoms with Gasteiger partial charge in [-0.2, -0.15) is 0 Å². The molecule has 2 aromatic heterocycles. The normalized spacial score (nSPS) is 10.3. The lowest BCUT2D eigenvalue weighted by atomic mass is 10.2. The molecule has 6 heteroatoms. The molecule has 0 saturated heterocycles. The first-order chi connectivity index (χ1) is 7.56. The minimum atomic E-state index is -1.13. The van der Waals surface area contributed by atoms with E-state index in [1.54, 1.807) is 5.38 Å². The summed E-state index contributed by atoms with van der Waals surface area (Å²) in [5.41, 5.74) is 0.530. The molecule has 0 atom stereocenters. The van der Waals surface area contributed by atoms with Gasteiger partial charge in [0.2, 0.25) is 5.56 Å². The highest BCUT2D eigenvalue weighted by Gasteiger charge is 2.09. The number of carboxylic acids is 1. The van der Waals surface area contributed by atoms with E-state index in [9.17, 15) is 9.59 Å². The first-order valence-corrected chi connectivity index (χ1v) is 5.34.